The van der Waals surface area contributed by atoms with Gasteiger partial charge in [-0.25, -0.2) is 15.0 Å². The van der Waals surface area contributed by atoms with Crippen LogP contribution in [0.5, 0.6) is 5.75 Å². The highest BCUT2D eigenvalue weighted by molar-refractivity contribution is 7.99. The van der Waals surface area contributed by atoms with Gasteiger partial charge in [0, 0.05) is 57.7 Å². The number of aromatic nitrogens is 2. The van der Waals surface area contributed by atoms with Crippen LogP contribution in [-0.4, -0.2) is 65.2 Å². The maximum Gasteiger partial charge on any atom is 0.196 e. The molecular weight excluding hydrogens is 422 g/mol. The third-order valence-electron chi connectivity index (χ3n) is 5.53. The molecule has 1 N–H and O–H groups in total. The lowest BCUT2D eigenvalue weighted by atomic mass is 10.1. The Morgan fingerprint density at radius 3 is 2.56 bits per heavy atom. The fourth-order valence-corrected chi connectivity index (χ4v) is 4.54. The molecule has 1 fully saturated rings. The van der Waals surface area contributed by atoms with Crippen molar-refractivity contribution in [3.63, 3.8) is 0 Å². The van der Waals surface area contributed by atoms with E-state index in [4.69, 9.17) is 19.7 Å². The number of rotatable bonds is 5. The summed E-state index contributed by atoms with van der Waals surface area (Å²) in [6, 6.07) is 9.91. The van der Waals surface area contributed by atoms with Gasteiger partial charge in [-0.05, 0) is 57.7 Å². The van der Waals surface area contributed by atoms with Crippen LogP contribution in [0.3, 0.4) is 0 Å². The average Bonchev–Trinajstić information content (AvgIpc) is 3.17. The summed E-state index contributed by atoms with van der Waals surface area (Å²) in [6.07, 6.45) is 0.710. The zero-order valence-electron chi connectivity index (χ0n) is 19.4. The van der Waals surface area contributed by atoms with Crippen molar-refractivity contribution in [2.24, 2.45) is 10.1 Å². The van der Waals surface area contributed by atoms with Gasteiger partial charge in [-0.15, -0.1) is 0 Å². The van der Waals surface area contributed by atoms with E-state index in [2.05, 4.69) is 41.1 Å². The van der Waals surface area contributed by atoms with Crippen molar-refractivity contribution < 1.29 is 7.59 Å². The first-order valence-electron chi connectivity index (χ1n) is 10.9. The third kappa shape index (κ3) is 5.58. The highest BCUT2D eigenvalue weighted by atomic mass is 32.2. The molecule has 174 valence electrons. The summed E-state index contributed by atoms with van der Waals surface area (Å²) in [5, 5.41) is 4.89. The fraction of sp³-hybridized carbons (Fsp3) is 0.478. The largest absolute Gasteiger partial charge is 0.497 e. The molecule has 9 heteroatoms. The minimum absolute atomic E-state index is 0. The fourth-order valence-electron chi connectivity index (χ4n) is 3.73. The standard InChI is InChI=1S/C23H31N7OS.2H2/c1-16-13-20(28-27-16)24-19-15-21(29-9-11-30(12-10-29)23(2,3)4)26-22(25-19)32-18-8-6-7-17(14-18)31-5;;/h6-8,14-15H,9-13H2,1-5H3,(H,24,25,26,28);2*1H. The zero-order chi connectivity index (χ0) is 22.7. The number of nitrogens with zero attached hydrogens (tertiary/aromatic N) is 6. The molecule has 0 aliphatic carbocycles. The quantitative estimate of drug-likeness (QED) is 0.665. The van der Waals surface area contributed by atoms with Crippen molar-refractivity contribution in [2.45, 2.75) is 49.7 Å². The molecule has 1 aromatic heterocycles. The number of benzene rings is 1. The van der Waals surface area contributed by atoms with E-state index in [-0.39, 0.29) is 8.39 Å². The summed E-state index contributed by atoms with van der Waals surface area (Å²) < 4.78 is 5.36. The Bertz CT molecular complexity index is 1030. The molecule has 1 aromatic carbocycles. The molecule has 0 saturated carbocycles. The summed E-state index contributed by atoms with van der Waals surface area (Å²) in [6.45, 7) is 12.6. The van der Waals surface area contributed by atoms with Crippen molar-refractivity contribution in [3.8, 4) is 5.75 Å². The van der Waals surface area contributed by atoms with Gasteiger partial charge >= 0.3 is 0 Å². The van der Waals surface area contributed by atoms with Gasteiger partial charge in [0.25, 0.3) is 0 Å². The van der Waals surface area contributed by atoms with E-state index in [9.17, 15) is 0 Å². The predicted molar refractivity (Wildman–Crippen MR) is 135 cm³/mol. The van der Waals surface area contributed by atoms with E-state index in [1.165, 1.54) is 11.8 Å². The first kappa shape index (κ1) is 22.5. The SMILES string of the molecule is COc1cccc(Sc2nc(N=C3CC(C)=NN3)cc(N3CCN(C(C)(C)C)CC3)n2)c1.[HH].[HH]. The predicted octanol–water partition coefficient (Wildman–Crippen LogP) is 4.45. The van der Waals surface area contributed by atoms with Gasteiger partial charge < -0.3 is 9.64 Å². The van der Waals surface area contributed by atoms with Crippen LogP contribution in [0, 0.1) is 0 Å². The second kappa shape index (κ2) is 9.46. The number of piperazine rings is 1. The smallest absolute Gasteiger partial charge is 0.196 e. The van der Waals surface area contributed by atoms with Crippen LogP contribution >= 0.6 is 11.8 Å². The molecule has 1 saturated heterocycles. The minimum Gasteiger partial charge on any atom is -0.497 e. The van der Waals surface area contributed by atoms with Gasteiger partial charge in [-0.2, -0.15) is 5.10 Å². The van der Waals surface area contributed by atoms with Crippen LogP contribution in [0.2, 0.25) is 0 Å². The molecule has 3 heterocycles. The number of methoxy groups -OCH3 is 1. The second-order valence-corrected chi connectivity index (χ2v) is 10.0. The molecule has 2 aliphatic heterocycles. The van der Waals surface area contributed by atoms with Crippen molar-refractivity contribution in [3.05, 3.63) is 30.3 Å². The van der Waals surface area contributed by atoms with Gasteiger partial charge in [-0.1, -0.05) is 6.07 Å². The Labute approximate surface area is 197 Å². The normalized spacial score (nSPS) is 18.6. The molecule has 0 bridgehead atoms. The maximum atomic E-state index is 5.36. The average molecular weight is 458 g/mol. The zero-order valence-corrected chi connectivity index (χ0v) is 20.2. The highest BCUT2D eigenvalue weighted by Crippen LogP contribution is 2.31. The lowest BCUT2D eigenvalue weighted by Gasteiger charge is -2.42. The van der Waals surface area contributed by atoms with Crippen molar-refractivity contribution >= 4 is 34.9 Å². The topological polar surface area (TPSA) is 78.2 Å². The Morgan fingerprint density at radius 2 is 1.91 bits per heavy atom. The monoisotopic (exact) mass is 457 g/mol. The Kier molecular flexibility index (Phi) is 6.66. The van der Waals surface area contributed by atoms with E-state index in [0.29, 0.717) is 17.4 Å². The first-order valence-corrected chi connectivity index (χ1v) is 11.7. The molecule has 0 amide bonds. The van der Waals surface area contributed by atoms with Crippen LogP contribution < -0.4 is 15.1 Å². The Hall–Kier alpha value is -2.65. The van der Waals surface area contributed by atoms with Crippen molar-refractivity contribution in [1.29, 1.82) is 0 Å². The maximum absolute atomic E-state index is 5.36. The Morgan fingerprint density at radius 1 is 1.12 bits per heavy atom. The molecule has 2 aromatic rings. The molecular formula is C23H35N7OS. The van der Waals surface area contributed by atoms with Gasteiger partial charge in [0.2, 0.25) is 0 Å². The lowest BCUT2D eigenvalue weighted by molar-refractivity contribution is 0.128. The van der Waals surface area contributed by atoms with Gasteiger partial charge in [0.1, 0.15) is 17.4 Å². The number of ether oxygens (including phenoxy) is 1. The summed E-state index contributed by atoms with van der Waals surface area (Å²) in [4.78, 5) is 20.2. The summed E-state index contributed by atoms with van der Waals surface area (Å²) in [5.74, 6) is 3.18. The van der Waals surface area contributed by atoms with Crippen molar-refractivity contribution in [1.82, 2.24) is 20.3 Å². The van der Waals surface area contributed by atoms with Gasteiger partial charge in [0.15, 0.2) is 11.0 Å². The van der Waals surface area contributed by atoms with E-state index < -0.39 is 0 Å². The number of hydrogen-bond donors (Lipinski definition) is 1. The van der Waals surface area contributed by atoms with E-state index in [1.54, 1.807) is 7.11 Å². The molecule has 4 rings (SSSR count). The van der Waals surface area contributed by atoms with Crippen LogP contribution in [0.1, 0.15) is 37.0 Å². The summed E-state index contributed by atoms with van der Waals surface area (Å²) >= 11 is 1.52. The van der Waals surface area contributed by atoms with E-state index in [1.807, 2.05) is 37.3 Å². The molecule has 2 aliphatic rings. The number of aliphatic imine (C=N–C) groups is 1. The van der Waals surface area contributed by atoms with E-state index in [0.717, 1.165) is 54.2 Å². The number of anilines is 1. The number of hydrogen-bond acceptors (Lipinski definition) is 8. The van der Waals surface area contributed by atoms with Crippen LogP contribution in [-0.2, 0) is 0 Å². The minimum atomic E-state index is 0. The van der Waals surface area contributed by atoms with Crippen LogP contribution in [0.15, 0.2) is 50.5 Å². The van der Waals surface area contributed by atoms with Gasteiger partial charge in [0.05, 0.1) is 7.11 Å². The summed E-state index contributed by atoms with van der Waals surface area (Å²) in [7, 11) is 1.67. The van der Waals surface area contributed by atoms with Crippen LogP contribution in [0.4, 0.5) is 11.6 Å². The first-order chi connectivity index (χ1) is 15.3. The molecule has 0 spiro atoms. The highest BCUT2D eigenvalue weighted by Gasteiger charge is 2.27. The third-order valence-corrected chi connectivity index (χ3v) is 6.38. The number of hydrazone groups is 1. The van der Waals surface area contributed by atoms with Gasteiger partial charge in [-0.3, -0.25) is 10.3 Å². The number of nitrogens with one attached hydrogen (secondary N) is 1. The molecule has 0 unspecified atom stereocenters. The second-order valence-electron chi connectivity index (χ2n) is 8.99. The molecule has 0 radical (unpaired) electrons. The van der Waals surface area contributed by atoms with Crippen LogP contribution in [0.25, 0.3) is 0 Å². The molecule has 8 nitrogen and oxygen atoms in total. The lowest BCUT2D eigenvalue weighted by Crippen LogP contribution is -2.53. The Balaban J connectivity index is 0.00000204. The molecule has 32 heavy (non-hydrogen) atoms. The molecule has 0 atom stereocenters. The van der Waals surface area contributed by atoms with E-state index >= 15 is 0 Å². The number of amidine groups is 1. The summed E-state index contributed by atoms with van der Waals surface area (Å²) in [5.41, 5.74) is 4.19. The van der Waals surface area contributed by atoms with Crippen molar-refractivity contribution in [2.75, 3.05) is 38.2 Å².